The van der Waals surface area contributed by atoms with Gasteiger partial charge in [0.05, 0.1) is 6.42 Å². The van der Waals surface area contributed by atoms with E-state index in [1.165, 1.54) is 11.9 Å². The molecule has 0 aromatic rings. The second-order valence-corrected chi connectivity index (χ2v) is 3.99. The molecule has 0 aliphatic heterocycles. The highest BCUT2D eigenvalue weighted by atomic mass is 19.4. The van der Waals surface area contributed by atoms with E-state index in [9.17, 15) is 13.2 Å². The number of hydrogen-bond donors (Lipinski definition) is 2. The van der Waals surface area contributed by atoms with Crippen molar-refractivity contribution in [3.8, 4) is 0 Å². The van der Waals surface area contributed by atoms with Crippen molar-refractivity contribution in [1.29, 1.82) is 0 Å². The fraction of sp³-hybridized carbons (Fsp3) is 0.889. The van der Waals surface area contributed by atoms with E-state index in [0.29, 0.717) is 12.5 Å². The van der Waals surface area contributed by atoms with E-state index in [0.717, 1.165) is 0 Å². The fourth-order valence-electron chi connectivity index (χ4n) is 0.946. The lowest BCUT2D eigenvalue weighted by molar-refractivity contribution is -0.135. The Morgan fingerprint density at radius 1 is 1.44 bits per heavy atom. The molecule has 0 saturated heterocycles. The minimum atomic E-state index is -4.16. The van der Waals surface area contributed by atoms with Gasteiger partial charge in [-0.05, 0) is 5.92 Å². The lowest BCUT2D eigenvalue weighted by Crippen LogP contribution is -2.44. The molecule has 0 radical (unpaired) electrons. The summed E-state index contributed by atoms with van der Waals surface area (Å²) < 4.78 is 35.9. The molecule has 96 valence electrons. The number of alkyl halides is 3. The molecule has 0 bridgehead atoms. The Labute approximate surface area is 93.7 Å². The van der Waals surface area contributed by atoms with Gasteiger partial charge in [-0.1, -0.05) is 13.8 Å². The summed E-state index contributed by atoms with van der Waals surface area (Å²) in [4.78, 5) is 5.44. The predicted octanol–water partition coefficient (Wildman–Crippen LogP) is 1.35. The molecule has 0 aromatic carbocycles. The summed E-state index contributed by atoms with van der Waals surface area (Å²) in [7, 11) is 1.52. The zero-order valence-corrected chi connectivity index (χ0v) is 9.80. The van der Waals surface area contributed by atoms with Crippen molar-refractivity contribution in [2.24, 2.45) is 16.8 Å². The van der Waals surface area contributed by atoms with Gasteiger partial charge in [-0.15, -0.1) is 0 Å². The molecule has 16 heavy (non-hydrogen) atoms. The number of halogens is 3. The van der Waals surface area contributed by atoms with Gasteiger partial charge in [0.2, 0.25) is 5.96 Å². The van der Waals surface area contributed by atoms with E-state index in [2.05, 4.69) is 10.4 Å². The van der Waals surface area contributed by atoms with E-state index >= 15 is 0 Å². The first-order chi connectivity index (χ1) is 7.26. The minimum absolute atomic E-state index is 0.162. The first kappa shape index (κ1) is 15.0. The van der Waals surface area contributed by atoms with Gasteiger partial charge in [-0.3, -0.25) is 10.4 Å². The van der Waals surface area contributed by atoms with Crippen LogP contribution in [0.2, 0.25) is 0 Å². The van der Waals surface area contributed by atoms with Crippen LogP contribution in [0, 0.1) is 5.92 Å². The molecule has 3 N–H and O–H groups in total. The maximum atomic E-state index is 12.0. The Balaban J connectivity index is 4.20. The fourth-order valence-corrected chi connectivity index (χ4v) is 0.946. The monoisotopic (exact) mass is 240 g/mol. The Bertz CT molecular complexity index is 225. The van der Waals surface area contributed by atoms with Gasteiger partial charge in [-0.2, -0.15) is 13.2 Å². The third-order valence-electron chi connectivity index (χ3n) is 1.83. The average molecular weight is 240 g/mol. The van der Waals surface area contributed by atoms with Crippen LogP contribution in [0.3, 0.4) is 0 Å². The van der Waals surface area contributed by atoms with Crippen LogP contribution in [0.5, 0.6) is 0 Å². The topological polar surface area (TPSA) is 53.6 Å². The van der Waals surface area contributed by atoms with Crippen molar-refractivity contribution < 1.29 is 13.2 Å². The third kappa shape index (κ3) is 7.33. The predicted molar refractivity (Wildman–Crippen MR) is 57.8 cm³/mol. The molecule has 0 aromatic heterocycles. The second kappa shape index (κ2) is 6.57. The highest BCUT2D eigenvalue weighted by Crippen LogP contribution is 2.19. The normalized spacial score (nSPS) is 13.1. The molecule has 0 rings (SSSR count). The summed E-state index contributed by atoms with van der Waals surface area (Å²) in [6.45, 7) is 4.29. The Morgan fingerprint density at radius 3 is 2.38 bits per heavy atom. The second-order valence-electron chi connectivity index (χ2n) is 3.99. The molecule has 4 nitrogen and oxygen atoms in total. The molecule has 0 atom stereocenters. The smallest absolute Gasteiger partial charge is 0.345 e. The molecular formula is C9H19F3N4. The van der Waals surface area contributed by atoms with Gasteiger partial charge in [0, 0.05) is 20.1 Å². The first-order valence-electron chi connectivity index (χ1n) is 5.05. The summed E-state index contributed by atoms with van der Waals surface area (Å²) in [6.07, 6.45) is -5.04. The van der Waals surface area contributed by atoms with Gasteiger partial charge >= 0.3 is 6.18 Å². The van der Waals surface area contributed by atoms with E-state index < -0.39 is 12.6 Å². The largest absolute Gasteiger partial charge is 0.390 e. The van der Waals surface area contributed by atoms with Crippen LogP contribution in [-0.2, 0) is 0 Å². The number of nitrogens with one attached hydrogen (secondary N) is 1. The van der Waals surface area contributed by atoms with Gasteiger partial charge < -0.3 is 4.90 Å². The van der Waals surface area contributed by atoms with E-state index in [1.807, 2.05) is 13.8 Å². The van der Waals surface area contributed by atoms with Crippen molar-refractivity contribution >= 4 is 5.96 Å². The SMILES string of the molecule is CC(C)CN=C(NN)N(C)CCC(F)(F)F. The molecule has 0 aliphatic rings. The van der Waals surface area contributed by atoms with Crippen LogP contribution < -0.4 is 11.3 Å². The van der Waals surface area contributed by atoms with Crippen molar-refractivity contribution in [3.63, 3.8) is 0 Å². The van der Waals surface area contributed by atoms with Crippen LogP contribution in [-0.4, -0.2) is 37.2 Å². The summed E-state index contributed by atoms with van der Waals surface area (Å²) >= 11 is 0. The molecular weight excluding hydrogens is 221 g/mol. The molecule has 0 heterocycles. The van der Waals surface area contributed by atoms with Crippen molar-refractivity contribution in [3.05, 3.63) is 0 Å². The summed E-state index contributed by atoms with van der Waals surface area (Å²) in [5.74, 6) is 5.80. The van der Waals surface area contributed by atoms with Crippen LogP contribution in [0.4, 0.5) is 13.2 Å². The zero-order valence-electron chi connectivity index (χ0n) is 9.80. The molecule has 0 unspecified atom stereocenters. The Morgan fingerprint density at radius 2 is 2.00 bits per heavy atom. The van der Waals surface area contributed by atoms with E-state index in [-0.39, 0.29) is 12.5 Å². The zero-order chi connectivity index (χ0) is 12.8. The molecule has 0 amide bonds. The summed E-state index contributed by atoms with van der Waals surface area (Å²) in [6, 6.07) is 0. The molecule has 0 aliphatic carbocycles. The van der Waals surface area contributed by atoms with Crippen LogP contribution in [0.25, 0.3) is 0 Å². The van der Waals surface area contributed by atoms with Crippen molar-refractivity contribution in [1.82, 2.24) is 10.3 Å². The number of nitrogens with two attached hydrogens (primary N) is 1. The maximum Gasteiger partial charge on any atom is 0.390 e. The number of guanidine groups is 1. The van der Waals surface area contributed by atoms with E-state index in [4.69, 9.17) is 5.84 Å². The van der Waals surface area contributed by atoms with Crippen molar-refractivity contribution in [2.75, 3.05) is 20.1 Å². The van der Waals surface area contributed by atoms with Gasteiger partial charge in [0.15, 0.2) is 0 Å². The lowest BCUT2D eigenvalue weighted by atomic mass is 10.2. The molecule has 0 saturated carbocycles. The van der Waals surface area contributed by atoms with Crippen LogP contribution in [0.1, 0.15) is 20.3 Å². The highest BCUT2D eigenvalue weighted by molar-refractivity contribution is 5.79. The van der Waals surface area contributed by atoms with Crippen molar-refractivity contribution in [2.45, 2.75) is 26.4 Å². The number of hydrazine groups is 1. The standard InChI is InChI=1S/C9H19F3N4/c1-7(2)6-14-8(15-13)16(3)5-4-9(10,11)12/h7H,4-6,13H2,1-3H3,(H,14,15). The third-order valence-corrected chi connectivity index (χ3v) is 1.83. The van der Waals surface area contributed by atoms with Gasteiger partial charge in [-0.25, -0.2) is 5.84 Å². The average Bonchev–Trinajstić information content (AvgIpc) is 2.14. The Hall–Kier alpha value is -0.980. The Kier molecular flexibility index (Phi) is 6.17. The highest BCUT2D eigenvalue weighted by Gasteiger charge is 2.27. The van der Waals surface area contributed by atoms with Crippen LogP contribution >= 0.6 is 0 Å². The van der Waals surface area contributed by atoms with Crippen LogP contribution in [0.15, 0.2) is 4.99 Å². The number of aliphatic imine (C=N–C) groups is 1. The first-order valence-corrected chi connectivity index (χ1v) is 5.05. The van der Waals surface area contributed by atoms with Gasteiger partial charge in [0.25, 0.3) is 0 Å². The minimum Gasteiger partial charge on any atom is -0.345 e. The molecule has 0 spiro atoms. The molecule has 7 heteroatoms. The summed E-state index contributed by atoms with van der Waals surface area (Å²) in [5.41, 5.74) is 2.30. The lowest BCUT2D eigenvalue weighted by Gasteiger charge is -2.21. The number of rotatable bonds is 4. The van der Waals surface area contributed by atoms with E-state index in [1.54, 1.807) is 0 Å². The number of hydrogen-bond acceptors (Lipinski definition) is 2. The molecule has 0 fully saturated rings. The maximum absolute atomic E-state index is 12.0. The van der Waals surface area contributed by atoms with Gasteiger partial charge in [0.1, 0.15) is 0 Å². The number of nitrogens with zero attached hydrogens (tertiary/aromatic N) is 2. The quantitative estimate of drug-likeness (QED) is 0.337. The summed E-state index contributed by atoms with van der Waals surface area (Å²) in [5, 5.41) is 0.